The van der Waals surface area contributed by atoms with Crippen molar-refractivity contribution in [2.24, 2.45) is 0 Å². The number of amides is 3. The molecular formula is C17H19N3O4. The van der Waals surface area contributed by atoms with Gasteiger partial charge in [-0.1, -0.05) is 18.2 Å². The summed E-state index contributed by atoms with van der Waals surface area (Å²) in [5, 5.41) is 5.53. The summed E-state index contributed by atoms with van der Waals surface area (Å²) in [6.45, 7) is 4.44. The van der Waals surface area contributed by atoms with E-state index in [1.54, 1.807) is 30.2 Å². The number of carbonyl (C=O) groups is 2. The molecule has 7 nitrogen and oxygen atoms in total. The van der Waals surface area contributed by atoms with E-state index in [1.165, 1.54) is 7.11 Å². The summed E-state index contributed by atoms with van der Waals surface area (Å²) < 4.78 is 10.8. The van der Waals surface area contributed by atoms with E-state index in [1.807, 2.05) is 6.07 Å². The molecule has 0 saturated heterocycles. The zero-order valence-corrected chi connectivity index (χ0v) is 13.6. The molecule has 126 valence electrons. The van der Waals surface area contributed by atoms with E-state index >= 15 is 0 Å². The molecule has 0 aliphatic carbocycles. The first kappa shape index (κ1) is 15.9. The Labute approximate surface area is 139 Å². The van der Waals surface area contributed by atoms with E-state index in [0.717, 1.165) is 0 Å². The quantitative estimate of drug-likeness (QED) is 0.799. The maximum Gasteiger partial charge on any atom is 0.319 e. The highest BCUT2D eigenvalue weighted by atomic mass is 16.5. The first-order valence-electron chi connectivity index (χ1n) is 7.52. The van der Waals surface area contributed by atoms with E-state index in [9.17, 15) is 9.59 Å². The average Bonchev–Trinajstić information content (AvgIpc) is 2.89. The lowest BCUT2D eigenvalue weighted by atomic mass is 9.95. The second kappa shape index (κ2) is 6.27. The van der Waals surface area contributed by atoms with Crippen LogP contribution in [0.1, 0.15) is 11.6 Å². The van der Waals surface area contributed by atoms with Gasteiger partial charge in [-0.3, -0.25) is 4.79 Å². The van der Waals surface area contributed by atoms with Crippen LogP contribution in [0.2, 0.25) is 0 Å². The van der Waals surface area contributed by atoms with Crippen molar-refractivity contribution in [1.29, 1.82) is 0 Å². The monoisotopic (exact) mass is 329 g/mol. The number of carbonyl (C=O) groups excluding carboxylic acids is 2. The Bertz CT molecular complexity index is 741. The SMILES string of the molecule is C=CCN1CC2=C(C1=O)C(c1cccc(OC)c1OC)NC(=O)N2. The molecular weight excluding hydrogens is 310 g/mol. The van der Waals surface area contributed by atoms with Crippen molar-refractivity contribution in [3.8, 4) is 11.5 Å². The van der Waals surface area contributed by atoms with Gasteiger partial charge in [-0.05, 0) is 6.07 Å². The van der Waals surface area contributed by atoms with E-state index in [4.69, 9.17) is 9.47 Å². The van der Waals surface area contributed by atoms with Gasteiger partial charge in [0, 0.05) is 12.1 Å². The number of methoxy groups -OCH3 is 2. The number of nitrogens with zero attached hydrogens (tertiary/aromatic N) is 1. The van der Waals surface area contributed by atoms with Crippen LogP contribution in [-0.4, -0.2) is 44.1 Å². The third-order valence-electron chi connectivity index (χ3n) is 4.11. The van der Waals surface area contributed by atoms with Crippen molar-refractivity contribution in [2.45, 2.75) is 6.04 Å². The number of nitrogens with one attached hydrogen (secondary N) is 2. The number of para-hydroxylation sites is 1. The Hall–Kier alpha value is -2.96. The van der Waals surface area contributed by atoms with Crippen LogP contribution in [0.5, 0.6) is 11.5 Å². The normalized spacial score (nSPS) is 19.6. The van der Waals surface area contributed by atoms with Gasteiger partial charge in [0.1, 0.15) is 0 Å². The van der Waals surface area contributed by atoms with Crippen molar-refractivity contribution in [3.63, 3.8) is 0 Å². The van der Waals surface area contributed by atoms with Gasteiger partial charge >= 0.3 is 6.03 Å². The molecule has 2 N–H and O–H groups in total. The molecule has 0 spiro atoms. The Morgan fingerprint density at radius 2 is 2.12 bits per heavy atom. The van der Waals surface area contributed by atoms with Gasteiger partial charge in [0.15, 0.2) is 11.5 Å². The van der Waals surface area contributed by atoms with Crippen LogP contribution in [-0.2, 0) is 4.79 Å². The van der Waals surface area contributed by atoms with Crippen molar-refractivity contribution in [3.05, 3.63) is 47.7 Å². The van der Waals surface area contributed by atoms with Crippen molar-refractivity contribution in [2.75, 3.05) is 27.3 Å². The fraction of sp³-hybridized carbons (Fsp3) is 0.294. The predicted molar refractivity (Wildman–Crippen MR) is 87.8 cm³/mol. The summed E-state index contributed by atoms with van der Waals surface area (Å²) in [7, 11) is 3.07. The van der Waals surface area contributed by atoms with Gasteiger partial charge < -0.3 is 25.0 Å². The molecule has 7 heteroatoms. The van der Waals surface area contributed by atoms with Crippen LogP contribution in [0.4, 0.5) is 4.79 Å². The molecule has 1 aromatic carbocycles. The maximum atomic E-state index is 12.7. The number of urea groups is 1. The average molecular weight is 329 g/mol. The lowest BCUT2D eigenvalue weighted by Crippen LogP contribution is -2.44. The molecule has 0 bridgehead atoms. The maximum absolute atomic E-state index is 12.7. The standard InChI is InChI=1S/C17H19N3O4/c1-4-8-20-9-11-13(16(20)21)14(19-17(22)18-11)10-6-5-7-12(23-2)15(10)24-3/h4-7,14H,1,8-9H2,2-3H3,(H2,18,19,22). The third-order valence-corrected chi connectivity index (χ3v) is 4.11. The van der Waals surface area contributed by atoms with Crippen LogP contribution in [0, 0.1) is 0 Å². The second-order valence-corrected chi connectivity index (χ2v) is 5.48. The molecule has 3 rings (SSSR count). The number of benzene rings is 1. The van der Waals surface area contributed by atoms with E-state index in [2.05, 4.69) is 17.2 Å². The number of ether oxygens (including phenoxy) is 2. The summed E-state index contributed by atoms with van der Waals surface area (Å²) >= 11 is 0. The minimum atomic E-state index is -0.596. The van der Waals surface area contributed by atoms with Crippen molar-refractivity contribution >= 4 is 11.9 Å². The fourth-order valence-electron chi connectivity index (χ4n) is 3.10. The lowest BCUT2D eigenvalue weighted by Gasteiger charge is -2.27. The number of hydrogen-bond donors (Lipinski definition) is 2. The van der Waals surface area contributed by atoms with Crippen LogP contribution >= 0.6 is 0 Å². The molecule has 0 aromatic heterocycles. The Kier molecular flexibility index (Phi) is 4.16. The summed E-state index contributed by atoms with van der Waals surface area (Å²) in [6.07, 6.45) is 1.66. The van der Waals surface area contributed by atoms with Crippen molar-refractivity contribution in [1.82, 2.24) is 15.5 Å². The Balaban J connectivity index is 2.07. The molecule has 24 heavy (non-hydrogen) atoms. The molecule has 0 radical (unpaired) electrons. The second-order valence-electron chi connectivity index (χ2n) is 5.48. The van der Waals surface area contributed by atoms with E-state index in [0.29, 0.717) is 41.4 Å². The molecule has 0 saturated carbocycles. The fourth-order valence-corrected chi connectivity index (χ4v) is 3.10. The summed E-state index contributed by atoms with van der Waals surface area (Å²) in [5.74, 6) is 0.902. The minimum Gasteiger partial charge on any atom is -0.493 e. The van der Waals surface area contributed by atoms with Crippen molar-refractivity contribution < 1.29 is 19.1 Å². The van der Waals surface area contributed by atoms with E-state index < -0.39 is 6.04 Å². The first-order valence-corrected chi connectivity index (χ1v) is 7.52. The Morgan fingerprint density at radius 3 is 2.79 bits per heavy atom. The molecule has 1 unspecified atom stereocenters. The zero-order chi connectivity index (χ0) is 17.3. The molecule has 2 heterocycles. The predicted octanol–water partition coefficient (Wildman–Crippen LogP) is 1.34. The zero-order valence-electron chi connectivity index (χ0n) is 13.6. The highest BCUT2D eigenvalue weighted by Crippen LogP contribution is 2.40. The van der Waals surface area contributed by atoms with Gasteiger partial charge in [0.2, 0.25) is 0 Å². The van der Waals surface area contributed by atoms with Gasteiger partial charge in [0.25, 0.3) is 5.91 Å². The van der Waals surface area contributed by atoms with Gasteiger partial charge in [-0.15, -0.1) is 6.58 Å². The largest absolute Gasteiger partial charge is 0.493 e. The van der Waals surface area contributed by atoms with Crippen LogP contribution in [0.3, 0.4) is 0 Å². The van der Waals surface area contributed by atoms with Gasteiger partial charge in [-0.2, -0.15) is 0 Å². The van der Waals surface area contributed by atoms with Crippen LogP contribution < -0.4 is 20.1 Å². The number of rotatable bonds is 5. The number of hydrogen-bond acceptors (Lipinski definition) is 4. The topological polar surface area (TPSA) is 79.9 Å². The minimum absolute atomic E-state index is 0.132. The van der Waals surface area contributed by atoms with Gasteiger partial charge in [0.05, 0.1) is 38.1 Å². The summed E-state index contributed by atoms with van der Waals surface area (Å²) in [6, 6.07) is 4.43. The molecule has 1 aromatic rings. The van der Waals surface area contributed by atoms with Gasteiger partial charge in [-0.25, -0.2) is 4.79 Å². The molecule has 2 aliphatic heterocycles. The summed E-state index contributed by atoms with van der Waals surface area (Å²) in [4.78, 5) is 26.4. The summed E-state index contributed by atoms with van der Waals surface area (Å²) in [5.41, 5.74) is 1.80. The molecule has 0 fully saturated rings. The van der Waals surface area contributed by atoms with E-state index in [-0.39, 0.29) is 11.9 Å². The molecule has 2 aliphatic rings. The third kappa shape index (κ3) is 2.47. The van der Waals surface area contributed by atoms with Crippen LogP contribution in [0.25, 0.3) is 0 Å². The smallest absolute Gasteiger partial charge is 0.319 e. The molecule has 3 amide bonds. The lowest BCUT2D eigenvalue weighted by molar-refractivity contribution is -0.125. The molecule has 1 atom stereocenters. The van der Waals surface area contributed by atoms with Crippen LogP contribution in [0.15, 0.2) is 42.1 Å². The highest BCUT2D eigenvalue weighted by Gasteiger charge is 2.41. The Morgan fingerprint density at radius 1 is 1.33 bits per heavy atom. The first-order chi connectivity index (χ1) is 11.6. The highest BCUT2D eigenvalue weighted by molar-refractivity contribution is 6.01.